The first-order valence-corrected chi connectivity index (χ1v) is 10.4. The standard InChI is InChI=1S/C24H25N5O/c25-20-7-10-29(11-8-20)24(30)22-13-17(6-9-26-22)19-12-18-14-21(28-23(18)27-15-19)16-4-2-1-3-5-16/h1-6,9,12-15,20,24,30H,7-8,10-11,25H2,(H,27,28). The summed E-state index contributed by atoms with van der Waals surface area (Å²) in [6, 6.07) is 18.6. The third-order valence-electron chi connectivity index (χ3n) is 5.85. The predicted octanol–water partition coefficient (Wildman–Crippen LogP) is 3.71. The Labute approximate surface area is 175 Å². The first kappa shape index (κ1) is 18.9. The van der Waals surface area contributed by atoms with Crippen LogP contribution in [0.4, 0.5) is 0 Å². The van der Waals surface area contributed by atoms with Gasteiger partial charge in [-0.1, -0.05) is 30.3 Å². The number of aliphatic hydroxyl groups excluding tert-OH is 1. The van der Waals surface area contributed by atoms with E-state index in [0.717, 1.165) is 59.3 Å². The van der Waals surface area contributed by atoms with Crippen LogP contribution in [0.5, 0.6) is 0 Å². The molecule has 1 aliphatic rings. The Balaban J connectivity index is 1.43. The zero-order valence-corrected chi connectivity index (χ0v) is 16.7. The zero-order valence-electron chi connectivity index (χ0n) is 16.7. The van der Waals surface area contributed by atoms with Crippen molar-refractivity contribution in [2.75, 3.05) is 13.1 Å². The van der Waals surface area contributed by atoms with Gasteiger partial charge in [-0.25, -0.2) is 4.98 Å². The van der Waals surface area contributed by atoms with E-state index in [1.807, 2.05) is 41.4 Å². The van der Waals surface area contributed by atoms with Gasteiger partial charge in [-0.15, -0.1) is 0 Å². The van der Waals surface area contributed by atoms with E-state index in [4.69, 9.17) is 5.73 Å². The van der Waals surface area contributed by atoms with E-state index in [1.54, 1.807) is 6.20 Å². The Hall–Kier alpha value is -3.06. The van der Waals surface area contributed by atoms with Crippen LogP contribution in [0.2, 0.25) is 0 Å². The van der Waals surface area contributed by atoms with Crippen LogP contribution in [0.3, 0.4) is 0 Å². The van der Waals surface area contributed by atoms with Crippen LogP contribution < -0.4 is 5.73 Å². The molecule has 1 atom stereocenters. The average molecular weight is 399 g/mol. The molecule has 0 aliphatic carbocycles. The monoisotopic (exact) mass is 399 g/mol. The van der Waals surface area contributed by atoms with Crippen molar-refractivity contribution in [1.29, 1.82) is 0 Å². The highest BCUT2D eigenvalue weighted by molar-refractivity contribution is 5.86. The van der Waals surface area contributed by atoms with Gasteiger partial charge in [0.05, 0.1) is 5.69 Å². The summed E-state index contributed by atoms with van der Waals surface area (Å²) >= 11 is 0. The number of likely N-dealkylation sites (tertiary alicyclic amines) is 1. The molecule has 0 spiro atoms. The molecule has 1 unspecified atom stereocenters. The molecule has 6 heteroatoms. The van der Waals surface area contributed by atoms with Gasteiger partial charge in [0.25, 0.3) is 0 Å². The fourth-order valence-corrected chi connectivity index (χ4v) is 4.07. The lowest BCUT2D eigenvalue weighted by molar-refractivity contribution is -0.0156. The number of fused-ring (bicyclic) bond motifs is 1. The number of pyridine rings is 2. The van der Waals surface area contributed by atoms with E-state index in [1.165, 1.54) is 0 Å². The Morgan fingerprint density at radius 2 is 1.77 bits per heavy atom. The van der Waals surface area contributed by atoms with Crippen LogP contribution in [-0.4, -0.2) is 44.1 Å². The van der Waals surface area contributed by atoms with Crippen molar-refractivity contribution in [3.63, 3.8) is 0 Å². The number of aromatic nitrogens is 3. The van der Waals surface area contributed by atoms with E-state index in [-0.39, 0.29) is 6.04 Å². The highest BCUT2D eigenvalue weighted by Crippen LogP contribution is 2.29. The Morgan fingerprint density at radius 3 is 2.57 bits per heavy atom. The lowest BCUT2D eigenvalue weighted by Crippen LogP contribution is -2.41. The summed E-state index contributed by atoms with van der Waals surface area (Å²) in [7, 11) is 0. The zero-order chi connectivity index (χ0) is 20.5. The van der Waals surface area contributed by atoms with E-state index >= 15 is 0 Å². The van der Waals surface area contributed by atoms with Gasteiger partial charge < -0.3 is 15.8 Å². The van der Waals surface area contributed by atoms with Gasteiger partial charge in [-0.3, -0.25) is 9.88 Å². The molecule has 4 aromatic rings. The van der Waals surface area contributed by atoms with Crippen LogP contribution in [0.15, 0.2) is 67.0 Å². The number of nitrogens with two attached hydrogens (primary N) is 1. The van der Waals surface area contributed by atoms with Crippen LogP contribution in [0, 0.1) is 0 Å². The van der Waals surface area contributed by atoms with Crippen molar-refractivity contribution in [3.8, 4) is 22.4 Å². The lowest BCUT2D eigenvalue weighted by atomic mass is 10.0. The van der Waals surface area contributed by atoms with Gasteiger partial charge in [-0.2, -0.15) is 0 Å². The van der Waals surface area contributed by atoms with Crippen LogP contribution in [0.1, 0.15) is 24.8 Å². The number of nitrogens with zero attached hydrogens (tertiary/aromatic N) is 3. The van der Waals surface area contributed by atoms with Gasteiger partial charge in [-0.05, 0) is 48.2 Å². The second-order valence-corrected chi connectivity index (χ2v) is 7.93. The maximum atomic E-state index is 10.8. The first-order valence-electron chi connectivity index (χ1n) is 10.4. The van der Waals surface area contributed by atoms with E-state index in [0.29, 0.717) is 5.69 Å². The predicted molar refractivity (Wildman–Crippen MR) is 119 cm³/mol. The van der Waals surface area contributed by atoms with Crippen molar-refractivity contribution < 1.29 is 5.11 Å². The maximum absolute atomic E-state index is 10.8. The number of hydrogen-bond acceptors (Lipinski definition) is 5. The SMILES string of the molecule is NC1CCN(C(O)c2cc(-c3cnc4[nH]c(-c5ccccc5)cc4c3)ccn2)CC1. The minimum atomic E-state index is -0.717. The number of H-pyrrole nitrogens is 1. The minimum absolute atomic E-state index is 0.229. The van der Waals surface area contributed by atoms with Crippen molar-refractivity contribution in [1.82, 2.24) is 19.9 Å². The first-order chi connectivity index (χ1) is 14.7. The molecule has 0 amide bonds. The molecular weight excluding hydrogens is 374 g/mol. The Morgan fingerprint density at radius 1 is 0.967 bits per heavy atom. The fraction of sp³-hybridized carbons (Fsp3) is 0.250. The number of benzene rings is 1. The largest absolute Gasteiger partial charge is 0.372 e. The van der Waals surface area contributed by atoms with E-state index < -0.39 is 6.23 Å². The quantitative estimate of drug-likeness (QED) is 0.487. The average Bonchev–Trinajstić information content (AvgIpc) is 3.23. The van der Waals surface area contributed by atoms with Crippen molar-refractivity contribution in [3.05, 3.63) is 72.7 Å². The summed E-state index contributed by atoms with van der Waals surface area (Å²) in [6.07, 6.45) is 4.69. The van der Waals surface area contributed by atoms with Crippen LogP contribution in [0.25, 0.3) is 33.4 Å². The molecule has 1 aliphatic heterocycles. The summed E-state index contributed by atoms with van der Waals surface area (Å²) in [5.41, 5.74) is 11.7. The molecular formula is C24H25N5O. The highest BCUT2D eigenvalue weighted by Gasteiger charge is 2.24. The summed E-state index contributed by atoms with van der Waals surface area (Å²) in [5, 5.41) is 11.9. The third kappa shape index (κ3) is 3.73. The van der Waals surface area contributed by atoms with Gasteiger partial charge in [0, 0.05) is 48.2 Å². The third-order valence-corrected chi connectivity index (χ3v) is 5.85. The van der Waals surface area contributed by atoms with Gasteiger partial charge in [0.2, 0.25) is 0 Å². The molecule has 1 saturated heterocycles. The molecule has 0 saturated carbocycles. The molecule has 5 rings (SSSR count). The second kappa shape index (κ2) is 7.99. The molecule has 4 N–H and O–H groups in total. The smallest absolute Gasteiger partial charge is 0.150 e. The number of piperidine rings is 1. The molecule has 1 aromatic carbocycles. The van der Waals surface area contributed by atoms with Crippen LogP contribution >= 0.6 is 0 Å². The summed E-state index contributed by atoms with van der Waals surface area (Å²) < 4.78 is 0. The molecule has 30 heavy (non-hydrogen) atoms. The van der Waals surface area contributed by atoms with E-state index in [2.05, 4.69) is 39.2 Å². The maximum Gasteiger partial charge on any atom is 0.150 e. The van der Waals surface area contributed by atoms with Gasteiger partial charge >= 0.3 is 0 Å². The number of aliphatic hydroxyl groups is 1. The second-order valence-electron chi connectivity index (χ2n) is 7.93. The number of nitrogens with one attached hydrogen (secondary N) is 1. The fourth-order valence-electron chi connectivity index (χ4n) is 4.07. The number of aromatic amines is 1. The van der Waals surface area contributed by atoms with Crippen molar-refractivity contribution in [2.24, 2.45) is 5.73 Å². The number of hydrogen-bond donors (Lipinski definition) is 3. The molecule has 1 fully saturated rings. The highest BCUT2D eigenvalue weighted by atomic mass is 16.3. The van der Waals surface area contributed by atoms with Gasteiger partial charge in [0.1, 0.15) is 5.65 Å². The minimum Gasteiger partial charge on any atom is -0.372 e. The molecule has 6 nitrogen and oxygen atoms in total. The molecule has 4 heterocycles. The van der Waals surface area contributed by atoms with Crippen LogP contribution in [-0.2, 0) is 0 Å². The number of rotatable bonds is 4. The lowest BCUT2D eigenvalue weighted by Gasteiger charge is -2.33. The van der Waals surface area contributed by atoms with Crippen molar-refractivity contribution >= 4 is 11.0 Å². The summed E-state index contributed by atoms with van der Waals surface area (Å²) in [6.45, 7) is 1.57. The molecule has 0 radical (unpaired) electrons. The Bertz CT molecular complexity index is 1150. The summed E-state index contributed by atoms with van der Waals surface area (Å²) in [5.74, 6) is 0. The topological polar surface area (TPSA) is 91.1 Å². The normalized spacial score (nSPS) is 16.7. The molecule has 3 aromatic heterocycles. The van der Waals surface area contributed by atoms with Crippen molar-refractivity contribution in [2.45, 2.75) is 25.1 Å². The van der Waals surface area contributed by atoms with E-state index in [9.17, 15) is 5.11 Å². The van der Waals surface area contributed by atoms with Gasteiger partial charge in [0.15, 0.2) is 6.23 Å². The molecule has 152 valence electrons. The Kier molecular flexibility index (Phi) is 5.04. The molecule has 0 bridgehead atoms. The summed E-state index contributed by atoms with van der Waals surface area (Å²) in [4.78, 5) is 14.5.